The third-order valence-corrected chi connectivity index (χ3v) is 6.25. The van der Waals surface area contributed by atoms with Gasteiger partial charge < -0.3 is 4.74 Å². The van der Waals surface area contributed by atoms with Crippen LogP contribution in [-0.4, -0.2) is 12.9 Å². The number of methoxy groups -OCH3 is 1. The minimum atomic E-state index is -0.0173. The van der Waals surface area contributed by atoms with Crippen molar-refractivity contribution in [3.63, 3.8) is 0 Å². The number of aryl methyl sites for hydroxylation is 1. The smallest absolute Gasteiger partial charge is 0.206 e. The highest BCUT2D eigenvalue weighted by atomic mass is 79.9. The molecule has 0 aliphatic carbocycles. The number of ketones is 1. The summed E-state index contributed by atoms with van der Waals surface area (Å²) in [5, 5.41) is 0. The Hall–Kier alpha value is -0.650. The summed E-state index contributed by atoms with van der Waals surface area (Å²) >= 11 is 8.22. The minimum Gasteiger partial charge on any atom is -0.496 e. The highest BCUT2D eigenvalue weighted by Crippen LogP contribution is 2.35. The van der Waals surface area contributed by atoms with Crippen LogP contribution in [0, 0.1) is 13.8 Å². The fourth-order valence-electron chi connectivity index (χ4n) is 1.82. The number of hydrogen-bond acceptors (Lipinski definition) is 3. The van der Waals surface area contributed by atoms with Crippen LogP contribution in [0.3, 0.4) is 0 Å². The standard InChI is InChI=1S/C14H12Br2O2S/c1-7-4-5-9(13(18-3)8(7)2)12(17)11-6-10(15)14(16)19-11/h4-6H,1-3H3. The van der Waals surface area contributed by atoms with E-state index in [1.54, 1.807) is 7.11 Å². The molecule has 1 aromatic carbocycles. The van der Waals surface area contributed by atoms with Crippen molar-refractivity contribution >= 4 is 49.0 Å². The van der Waals surface area contributed by atoms with Crippen LogP contribution in [-0.2, 0) is 0 Å². The molecule has 0 aliphatic heterocycles. The number of benzene rings is 1. The molecule has 0 saturated carbocycles. The molecule has 19 heavy (non-hydrogen) atoms. The van der Waals surface area contributed by atoms with Crippen molar-refractivity contribution in [2.45, 2.75) is 13.8 Å². The van der Waals surface area contributed by atoms with Crippen molar-refractivity contribution in [2.24, 2.45) is 0 Å². The molecule has 5 heteroatoms. The highest BCUT2D eigenvalue weighted by molar-refractivity contribution is 9.13. The largest absolute Gasteiger partial charge is 0.496 e. The van der Waals surface area contributed by atoms with Gasteiger partial charge in [0.15, 0.2) is 0 Å². The maximum atomic E-state index is 12.5. The fourth-order valence-corrected chi connectivity index (χ4v) is 3.81. The molecule has 2 aromatic rings. The van der Waals surface area contributed by atoms with E-state index in [1.807, 2.05) is 32.0 Å². The van der Waals surface area contributed by atoms with E-state index in [0.29, 0.717) is 16.2 Å². The molecule has 0 unspecified atom stereocenters. The average molecular weight is 404 g/mol. The van der Waals surface area contributed by atoms with Crippen LogP contribution < -0.4 is 4.74 Å². The van der Waals surface area contributed by atoms with Crippen molar-refractivity contribution in [2.75, 3.05) is 7.11 Å². The molecule has 100 valence electrons. The molecule has 0 fully saturated rings. The van der Waals surface area contributed by atoms with Crippen LogP contribution in [0.4, 0.5) is 0 Å². The van der Waals surface area contributed by atoms with Crippen molar-refractivity contribution in [1.29, 1.82) is 0 Å². The number of carbonyl (C=O) groups is 1. The molecule has 0 bridgehead atoms. The first kappa shape index (κ1) is 14.8. The molecular weight excluding hydrogens is 392 g/mol. The van der Waals surface area contributed by atoms with E-state index in [4.69, 9.17) is 4.74 Å². The first-order valence-electron chi connectivity index (χ1n) is 5.59. The second kappa shape index (κ2) is 5.77. The number of thiophene rings is 1. The highest BCUT2D eigenvalue weighted by Gasteiger charge is 2.19. The SMILES string of the molecule is COc1c(C(=O)c2cc(Br)c(Br)s2)ccc(C)c1C. The van der Waals surface area contributed by atoms with Gasteiger partial charge in [-0.3, -0.25) is 4.79 Å². The van der Waals surface area contributed by atoms with Gasteiger partial charge in [-0.1, -0.05) is 6.07 Å². The Morgan fingerprint density at radius 1 is 1.26 bits per heavy atom. The summed E-state index contributed by atoms with van der Waals surface area (Å²) in [6.45, 7) is 3.97. The number of carbonyl (C=O) groups excluding carboxylic acids is 1. The molecule has 1 aromatic heterocycles. The lowest BCUT2D eigenvalue weighted by Crippen LogP contribution is -2.04. The first-order chi connectivity index (χ1) is 8.95. The summed E-state index contributed by atoms with van der Waals surface area (Å²) in [5.41, 5.74) is 2.72. The Kier molecular flexibility index (Phi) is 4.48. The van der Waals surface area contributed by atoms with Gasteiger partial charge in [-0.2, -0.15) is 0 Å². The van der Waals surface area contributed by atoms with Crippen molar-refractivity contribution in [1.82, 2.24) is 0 Å². The summed E-state index contributed by atoms with van der Waals surface area (Å²) in [6, 6.07) is 5.60. The van der Waals surface area contributed by atoms with E-state index in [1.165, 1.54) is 11.3 Å². The van der Waals surface area contributed by atoms with Crippen molar-refractivity contribution in [3.05, 3.63) is 48.0 Å². The van der Waals surface area contributed by atoms with Crippen LogP contribution in [0.1, 0.15) is 26.4 Å². The predicted octanol–water partition coefficient (Wildman–Crippen LogP) is 5.13. The van der Waals surface area contributed by atoms with Gasteiger partial charge in [0.05, 0.1) is 21.3 Å². The van der Waals surface area contributed by atoms with E-state index in [9.17, 15) is 4.79 Å². The number of rotatable bonds is 3. The van der Waals surface area contributed by atoms with E-state index < -0.39 is 0 Å². The van der Waals surface area contributed by atoms with Gasteiger partial charge in [0, 0.05) is 4.47 Å². The van der Waals surface area contributed by atoms with Crippen LogP contribution in [0.2, 0.25) is 0 Å². The van der Waals surface area contributed by atoms with Gasteiger partial charge in [0.25, 0.3) is 0 Å². The monoisotopic (exact) mass is 402 g/mol. The minimum absolute atomic E-state index is 0.0173. The Balaban J connectivity index is 2.53. The van der Waals surface area contributed by atoms with E-state index >= 15 is 0 Å². The van der Waals surface area contributed by atoms with E-state index in [0.717, 1.165) is 19.4 Å². The zero-order valence-electron chi connectivity index (χ0n) is 10.7. The van der Waals surface area contributed by atoms with E-state index in [-0.39, 0.29) is 5.78 Å². The molecule has 2 nitrogen and oxygen atoms in total. The van der Waals surface area contributed by atoms with Crippen LogP contribution in [0.25, 0.3) is 0 Å². The van der Waals surface area contributed by atoms with Gasteiger partial charge in [0.2, 0.25) is 5.78 Å². The molecule has 2 rings (SSSR count). The van der Waals surface area contributed by atoms with Crippen LogP contribution in [0.5, 0.6) is 5.75 Å². The predicted molar refractivity (Wildman–Crippen MR) is 85.6 cm³/mol. The molecule has 1 heterocycles. The van der Waals surface area contributed by atoms with Crippen molar-refractivity contribution < 1.29 is 9.53 Å². The van der Waals surface area contributed by atoms with Gasteiger partial charge >= 0.3 is 0 Å². The Bertz CT molecular complexity index is 628. The molecule has 0 saturated heterocycles. The number of halogens is 2. The zero-order chi connectivity index (χ0) is 14.2. The second-order valence-electron chi connectivity index (χ2n) is 4.15. The molecular formula is C14H12Br2O2S. The summed E-state index contributed by atoms with van der Waals surface area (Å²) in [5.74, 6) is 0.641. The van der Waals surface area contributed by atoms with Gasteiger partial charge in [-0.15, -0.1) is 11.3 Å². The number of ether oxygens (including phenoxy) is 1. The summed E-state index contributed by atoms with van der Waals surface area (Å²) in [7, 11) is 1.60. The Morgan fingerprint density at radius 3 is 2.47 bits per heavy atom. The topological polar surface area (TPSA) is 26.3 Å². The summed E-state index contributed by atoms with van der Waals surface area (Å²) < 4.78 is 7.20. The summed E-state index contributed by atoms with van der Waals surface area (Å²) in [6.07, 6.45) is 0. The molecule has 0 radical (unpaired) electrons. The van der Waals surface area contributed by atoms with Gasteiger partial charge in [0.1, 0.15) is 5.75 Å². The third-order valence-electron chi connectivity index (χ3n) is 2.99. The van der Waals surface area contributed by atoms with Crippen LogP contribution >= 0.6 is 43.2 Å². The van der Waals surface area contributed by atoms with E-state index in [2.05, 4.69) is 31.9 Å². The van der Waals surface area contributed by atoms with Gasteiger partial charge in [-0.05, 0) is 69.0 Å². The first-order valence-corrected chi connectivity index (χ1v) is 7.99. The second-order valence-corrected chi connectivity index (χ2v) is 7.37. The molecule has 0 spiro atoms. The average Bonchev–Trinajstić information content (AvgIpc) is 2.72. The number of hydrogen-bond donors (Lipinski definition) is 0. The molecule has 0 atom stereocenters. The maximum Gasteiger partial charge on any atom is 0.206 e. The molecule has 0 N–H and O–H groups in total. The lowest BCUT2D eigenvalue weighted by atomic mass is 10.0. The molecule has 0 amide bonds. The van der Waals surface area contributed by atoms with Crippen LogP contribution in [0.15, 0.2) is 26.5 Å². The maximum absolute atomic E-state index is 12.5. The Morgan fingerprint density at radius 2 is 1.95 bits per heavy atom. The lowest BCUT2D eigenvalue weighted by molar-refractivity contribution is 0.103. The van der Waals surface area contributed by atoms with Gasteiger partial charge in [-0.25, -0.2) is 0 Å². The normalized spacial score (nSPS) is 10.6. The quantitative estimate of drug-likeness (QED) is 0.664. The third kappa shape index (κ3) is 2.78. The van der Waals surface area contributed by atoms with Crippen molar-refractivity contribution in [3.8, 4) is 5.75 Å². The zero-order valence-corrected chi connectivity index (χ0v) is 14.7. The summed E-state index contributed by atoms with van der Waals surface area (Å²) in [4.78, 5) is 13.2. The fraction of sp³-hybridized carbons (Fsp3) is 0.214. The molecule has 0 aliphatic rings. The Labute approximate surface area is 133 Å². The lowest BCUT2D eigenvalue weighted by Gasteiger charge is -2.12.